The maximum Gasteiger partial charge on any atom is 0.153 e. The highest BCUT2D eigenvalue weighted by Crippen LogP contribution is 2.30. The molecule has 0 radical (unpaired) electrons. The van der Waals surface area contributed by atoms with E-state index in [1.807, 2.05) is 12.1 Å². The molecule has 0 atom stereocenters. The third kappa shape index (κ3) is 5.92. The van der Waals surface area contributed by atoms with Crippen molar-refractivity contribution in [1.82, 2.24) is 0 Å². The zero-order chi connectivity index (χ0) is 24.0. The fraction of sp³-hybridized carbons (Fsp3) is 0.192. The van der Waals surface area contributed by atoms with Crippen LogP contribution >= 0.6 is 12.2 Å². The molecule has 0 heterocycles. The number of benzene rings is 3. The first-order valence-electron chi connectivity index (χ1n) is 10.2. The first kappa shape index (κ1) is 24.3. The Hall–Kier alpha value is -3.33. The Labute approximate surface area is 194 Å². The Morgan fingerprint density at radius 1 is 0.788 bits per heavy atom. The fourth-order valence-corrected chi connectivity index (χ4v) is 3.39. The molecule has 0 fully saturated rings. The molecule has 0 spiro atoms. The lowest BCUT2D eigenvalue weighted by Gasteiger charge is -2.07. The standard InChI is InChI=1S/C26H18F5NS/c1-2-3-4-5-17-11-22(28)20(23(29)12-17)9-7-16-6-8-19(21(27)10-16)18-13-24(30)26(32-15-33)25(31)14-18/h6,8,10-14H,2-5H2,1H3. The van der Waals surface area contributed by atoms with Gasteiger partial charge < -0.3 is 0 Å². The highest BCUT2D eigenvalue weighted by Gasteiger charge is 2.14. The summed E-state index contributed by atoms with van der Waals surface area (Å²) in [6.45, 7) is 2.04. The second kappa shape index (κ2) is 11.0. The van der Waals surface area contributed by atoms with Crippen LogP contribution in [0, 0.1) is 40.9 Å². The molecule has 1 nitrogen and oxygen atoms in total. The number of isothiocyanates is 1. The van der Waals surface area contributed by atoms with Gasteiger partial charge in [-0.2, -0.15) is 4.99 Å². The van der Waals surface area contributed by atoms with Gasteiger partial charge in [0.1, 0.15) is 23.1 Å². The van der Waals surface area contributed by atoms with Gasteiger partial charge >= 0.3 is 0 Å². The van der Waals surface area contributed by atoms with E-state index in [2.05, 4.69) is 29.1 Å². The second-order valence-electron chi connectivity index (χ2n) is 7.33. The summed E-state index contributed by atoms with van der Waals surface area (Å²) >= 11 is 4.35. The number of aliphatic imine (C=N–C) groups is 1. The zero-order valence-electron chi connectivity index (χ0n) is 17.6. The van der Waals surface area contributed by atoms with Crippen LogP contribution in [0.4, 0.5) is 27.6 Å². The summed E-state index contributed by atoms with van der Waals surface area (Å²) in [5, 5.41) is 1.88. The van der Waals surface area contributed by atoms with E-state index in [4.69, 9.17) is 0 Å². The molecular weight excluding hydrogens is 453 g/mol. The molecule has 0 aliphatic heterocycles. The van der Waals surface area contributed by atoms with E-state index in [1.54, 1.807) is 0 Å². The third-order valence-electron chi connectivity index (χ3n) is 4.96. The minimum atomic E-state index is -1.02. The number of unbranched alkanes of at least 4 members (excludes halogenated alkanes) is 2. The summed E-state index contributed by atoms with van der Waals surface area (Å²) in [5.41, 5.74) is -0.452. The lowest BCUT2D eigenvalue weighted by molar-refractivity contribution is 0.572. The van der Waals surface area contributed by atoms with Gasteiger partial charge in [-0.1, -0.05) is 37.7 Å². The fourth-order valence-electron chi connectivity index (χ4n) is 3.30. The average molecular weight is 471 g/mol. The van der Waals surface area contributed by atoms with Crippen LogP contribution in [0.3, 0.4) is 0 Å². The lowest BCUT2D eigenvalue weighted by Crippen LogP contribution is -1.95. The molecule has 0 saturated heterocycles. The van der Waals surface area contributed by atoms with Crippen LogP contribution < -0.4 is 0 Å². The first-order valence-corrected chi connectivity index (χ1v) is 10.6. The van der Waals surface area contributed by atoms with Crippen LogP contribution in [-0.4, -0.2) is 5.16 Å². The molecule has 33 heavy (non-hydrogen) atoms. The van der Waals surface area contributed by atoms with Crippen molar-refractivity contribution < 1.29 is 22.0 Å². The summed E-state index contributed by atoms with van der Waals surface area (Å²) in [7, 11) is 0. The average Bonchev–Trinajstić information content (AvgIpc) is 2.76. The number of hydrogen-bond donors (Lipinski definition) is 0. The van der Waals surface area contributed by atoms with Gasteiger partial charge in [-0.15, -0.1) is 0 Å². The van der Waals surface area contributed by atoms with Gasteiger partial charge in [-0.3, -0.25) is 0 Å². The molecule has 0 aromatic heterocycles. The molecule has 3 aromatic rings. The maximum atomic E-state index is 14.6. The topological polar surface area (TPSA) is 12.4 Å². The van der Waals surface area contributed by atoms with Gasteiger partial charge in [-0.05, 0) is 72.6 Å². The smallest absolute Gasteiger partial charge is 0.153 e. The molecule has 3 rings (SSSR count). The quantitative estimate of drug-likeness (QED) is 0.117. The van der Waals surface area contributed by atoms with Gasteiger partial charge in [0.15, 0.2) is 11.6 Å². The first-order chi connectivity index (χ1) is 15.8. The van der Waals surface area contributed by atoms with E-state index in [0.29, 0.717) is 12.0 Å². The third-order valence-corrected chi connectivity index (χ3v) is 5.05. The van der Waals surface area contributed by atoms with Crippen molar-refractivity contribution in [2.24, 2.45) is 4.99 Å². The van der Waals surface area contributed by atoms with E-state index >= 15 is 0 Å². The van der Waals surface area contributed by atoms with Crippen molar-refractivity contribution in [3.05, 3.63) is 88.2 Å². The highest BCUT2D eigenvalue weighted by molar-refractivity contribution is 7.78. The maximum absolute atomic E-state index is 14.6. The number of halogens is 5. The Bertz CT molecular complexity index is 1250. The van der Waals surface area contributed by atoms with Crippen LogP contribution in [0.15, 0.2) is 47.5 Å². The number of thiocarbonyl (C=S) groups is 1. The zero-order valence-corrected chi connectivity index (χ0v) is 18.4. The molecule has 0 aliphatic carbocycles. The molecular formula is C26H18F5NS. The normalized spacial score (nSPS) is 10.4. The lowest BCUT2D eigenvalue weighted by atomic mass is 10.0. The van der Waals surface area contributed by atoms with E-state index in [0.717, 1.165) is 37.5 Å². The predicted molar refractivity (Wildman–Crippen MR) is 122 cm³/mol. The van der Waals surface area contributed by atoms with Crippen molar-refractivity contribution in [3.8, 4) is 23.0 Å². The SMILES string of the molecule is CCCCCc1cc(F)c(C#Cc2ccc(-c3cc(F)c(N=C=S)c(F)c3)c(F)c2)c(F)c1. The van der Waals surface area contributed by atoms with Crippen LogP contribution in [-0.2, 0) is 6.42 Å². The van der Waals surface area contributed by atoms with Crippen LogP contribution in [0.1, 0.15) is 42.9 Å². The Balaban J connectivity index is 1.88. The largest absolute Gasteiger partial charge is 0.206 e. The van der Waals surface area contributed by atoms with Crippen LogP contribution in [0.5, 0.6) is 0 Å². The van der Waals surface area contributed by atoms with E-state index in [1.165, 1.54) is 24.3 Å². The van der Waals surface area contributed by atoms with E-state index < -0.39 is 40.3 Å². The molecule has 0 bridgehead atoms. The van der Waals surface area contributed by atoms with Crippen molar-refractivity contribution >= 4 is 23.1 Å². The van der Waals surface area contributed by atoms with Gasteiger partial charge in [0.05, 0.1) is 10.7 Å². The summed E-state index contributed by atoms with van der Waals surface area (Å²) in [4.78, 5) is 3.31. The molecule has 0 amide bonds. The molecule has 3 aromatic carbocycles. The number of rotatable bonds is 6. The van der Waals surface area contributed by atoms with E-state index in [9.17, 15) is 22.0 Å². The summed E-state index contributed by atoms with van der Waals surface area (Å²) < 4.78 is 71.4. The molecule has 0 aliphatic rings. The molecule has 0 unspecified atom stereocenters. The van der Waals surface area contributed by atoms with Gasteiger partial charge in [0.2, 0.25) is 0 Å². The molecule has 7 heteroatoms. The monoisotopic (exact) mass is 471 g/mol. The van der Waals surface area contributed by atoms with Gasteiger partial charge in [0.25, 0.3) is 0 Å². The predicted octanol–water partition coefficient (Wildman–Crippen LogP) is 7.92. The number of nitrogens with zero attached hydrogens (tertiary/aromatic N) is 1. The van der Waals surface area contributed by atoms with Crippen molar-refractivity contribution in [2.75, 3.05) is 0 Å². The molecule has 0 N–H and O–H groups in total. The summed E-state index contributed by atoms with van der Waals surface area (Å²) in [6, 6.07) is 8.05. The Kier molecular flexibility index (Phi) is 8.11. The summed E-state index contributed by atoms with van der Waals surface area (Å²) in [6.07, 6.45) is 3.38. The van der Waals surface area contributed by atoms with Crippen LogP contribution in [0.2, 0.25) is 0 Å². The number of hydrogen-bond acceptors (Lipinski definition) is 2. The summed E-state index contributed by atoms with van der Waals surface area (Å²) in [5.74, 6) is 0.525. The Morgan fingerprint density at radius 2 is 1.45 bits per heavy atom. The van der Waals surface area contributed by atoms with Crippen molar-refractivity contribution in [2.45, 2.75) is 32.6 Å². The van der Waals surface area contributed by atoms with Crippen molar-refractivity contribution in [1.29, 1.82) is 0 Å². The minimum absolute atomic E-state index is 0.0546. The minimum Gasteiger partial charge on any atom is -0.206 e. The molecule has 168 valence electrons. The van der Waals surface area contributed by atoms with Gasteiger partial charge in [-0.25, -0.2) is 22.0 Å². The van der Waals surface area contributed by atoms with Crippen LogP contribution in [0.25, 0.3) is 11.1 Å². The number of aryl methyl sites for hydroxylation is 1. The van der Waals surface area contributed by atoms with Gasteiger partial charge in [0, 0.05) is 11.1 Å². The Morgan fingerprint density at radius 3 is 2.03 bits per heavy atom. The highest BCUT2D eigenvalue weighted by atomic mass is 32.1. The second-order valence-corrected chi connectivity index (χ2v) is 7.51. The molecule has 0 saturated carbocycles. The van der Waals surface area contributed by atoms with E-state index in [-0.39, 0.29) is 16.7 Å². The van der Waals surface area contributed by atoms with Crippen molar-refractivity contribution in [3.63, 3.8) is 0 Å².